The maximum Gasteiger partial charge on any atom is 0.337 e. The van der Waals surface area contributed by atoms with E-state index in [1.165, 1.54) is 0 Å². The average molecular weight is 462 g/mol. The molecule has 0 heterocycles. The van der Waals surface area contributed by atoms with E-state index in [1.54, 1.807) is 24.3 Å². The first-order chi connectivity index (χ1) is 16.2. The molecule has 3 rings (SSSR count). The normalized spacial score (nSPS) is 10.6. The van der Waals surface area contributed by atoms with E-state index >= 15 is 0 Å². The highest BCUT2D eigenvalue weighted by molar-refractivity contribution is 6.15. The fourth-order valence-corrected chi connectivity index (χ4v) is 4.13. The van der Waals surface area contributed by atoms with Gasteiger partial charge in [0.1, 0.15) is 0 Å². The van der Waals surface area contributed by atoms with Crippen molar-refractivity contribution in [2.75, 3.05) is 0 Å². The lowest BCUT2D eigenvalue weighted by Crippen LogP contribution is -2.25. The fourth-order valence-electron chi connectivity index (χ4n) is 4.13. The first kappa shape index (κ1) is 24.2. The molecule has 0 aromatic heterocycles. The third-order valence-electron chi connectivity index (χ3n) is 5.59. The monoisotopic (exact) mass is 462 g/mol. The Kier molecular flexibility index (Phi) is 7.43. The molecule has 174 valence electrons. The zero-order valence-electron chi connectivity index (χ0n) is 18.0. The summed E-state index contributed by atoms with van der Waals surface area (Å²) in [5.41, 5.74) is -1.71. The molecule has 0 aliphatic heterocycles. The summed E-state index contributed by atoms with van der Waals surface area (Å²) >= 11 is 0. The number of carboxylic acid groups (broad SMARTS) is 4. The number of hydrogen-bond acceptors (Lipinski definition) is 4. The lowest BCUT2D eigenvalue weighted by molar-refractivity contribution is 0.0618. The van der Waals surface area contributed by atoms with Gasteiger partial charge in [0.2, 0.25) is 0 Å². The Morgan fingerprint density at radius 1 is 0.441 bits per heavy atom. The number of carbonyl (C=O) groups is 4. The average Bonchev–Trinajstić information content (AvgIpc) is 2.81. The van der Waals surface area contributed by atoms with Crippen molar-refractivity contribution < 1.29 is 39.6 Å². The number of hydrogen-bond donors (Lipinski definition) is 4. The van der Waals surface area contributed by atoms with Crippen LogP contribution >= 0.6 is 0 Å². The summed E-state index contributed by atoms with van der Waals surface area (Å²) in [7, 11) is 0. The van der Waals surface area contributed by atoms with Crippen LogP contribution in [0.4, 0.5) is 0 Å². The molecule has 0 aliphatic rings. The van der Waals surface area contributed by atoms with Crippen LogP contribution in [0.5, 0.6) is 0 Å². The summed E-state index contributed by atoms with van der Waals surface area (Å²) in [5.74, 6) is -6.87. The summed E-state index contributed by atoms with van der Waals surface area (Å²) in [6, 6.07) is 18.0. The summed E-state index contributed by atoms with van der Waals surface area (Å²) in [6.07, 6.45) is 0.667. The predicted octanol–water partition coefficient (Wildman–Crippen LogP) is 4.05. The Morgan fingerprint density at radius 2 is 0.735 bits per heavy atom. The molecule has 0 spiro atoms. The van der Waals surface area contributed by atoms with Crippen molar-refractivity contribution in [2.24, 2.45) is 0 Å². The molecule has 0 radical (unpaired) electrons. The second-order valence-corrected chi connectivity index (χ2v) is 7.65. The predicted molar refractivity (Wildman–Crippen MR) is 122 cm³/mol. The van der Waals surface area contributed by atoms with Crippen LogP contribution in [0.3, 0.4) is 0 Å². The van der Waals surface area contributed by atoms with Crippen LogP contribution < -0.4 is 0 Å². The second kappa shape index (κ2) is 10.4. The Balaban J connectivity index is 2.30. The van der Waals surface area contributed by atoms with Crippen LogP contribution in [0.2, 0.25) is 0 Å². The maximum atomic E-state index is 12.2. The molecule has 8 heteroatoms. The number of rotatable bonds is 10. The molecule has 4 N–H and O–H groups in total. The number of benzene rings is 3. The van der Waals surface area contributed by atoms with Crippen LogP contribution in [0.25, 0.3) is 0 Å². The number of carboxylic acids is 4. The molecule has 34 heavy (non-hydrogen) atoms. The van der Waals surface area contributed by atoms with Gasteiger partial charge in [-0.1, -0.05) is 60.7 Å². The first-order valence-corrected chi connectivity index (χ1v) is 10.4. The molecule has 3 aromatic carbocycles. The largest absolute Gasteiger partial charge is 0.478 e. The van der Waals surface area contributed by atoms with Gasteiger partial charge in [-0.05, 0) is 47.9 Å². The standard InChI is InChI=1S/C26H22O8/c27-23(28)19-17(13-11-15-7-3-1-4-8-15)18(14-12-16-9-5-2-6-10-16)20(24(29)30)22(26(33)34)21(19)25(31)32/h1-10H,11-14H2,(H,27,28)(H,29,30)(H,31,32)(H,33,34). The molecule has 0 bridgehead atoms. The third-order valence-corrected chi connectivity index (χ3v) is 5.59. The molecule has 0 aliphatic carbocycles. The smallest absolute Gasteiger partial charge is 0.337 e. The molecule has 0 saturated heterocycles. The molecule has 0 fully saturated rings. The van der Waals surface area contributed by atoms with Gasteiger partial charge >= 0.3 is 23.9 Å². The minimum Gasteiger partial charge on any atom is -0.478 e. The maximum absolute atomic E-state index is 12.2. The van der Waals surface area contributed by atoms with Gasteiger partial charge in [-0.25, -0.2) is 19.2 Å². The molecule has 0 unspecified atom stereocenters. The van der Waals surface area contributed by atoms with Crippen LogP contribution in [0.1, 0.15) is 63.7 Å². The topological polar surface area (TPSA) is 149 Å². The van der Waals surface area contributed by atoms with Crippen molar-refractivity contribution in [3.8, 4) is 0 Å². The fraction of sp³-hybridized carbons (Fsp3) is 0.154. The third kappa shape index (κ3) is 5.12. The first-order valence-electron chi connectivity index (χ1n) is 10.4. The van der Waals surface area contributed by atoms with Crippen LogP contribution in [-0.4, -0.2) is 44.3 Å². The van der Waals surface area contributed by atoms with Gasteiger partial charge < -0.3 is 20.4 Å². The SMILES string of the molecule is O=C(O)c1c(CCc2ccccc2)c(CCc2ccccc2)c(C(=O)O)c(C(=O)O)c1C(=O)O. The van der Waals surface area contributed by atoms with Crippen molar-refractivity contribution in [1.29, 1.82) is 0 Å². The quantitative estimate of drug-likeness (QED) is 0.352. The Bertz CT molecular complexity index is 1150. The van der Waals surface area contributed by atoms with E-state index < -0.39 is 46.1 Å². The van der Waals surface area contributed by atoms with Gasteiger partial charge in [0.25, 0.3) is 0 Å². The minimum atomic E-state index is -1.81. The van der Waals surface area contributed by atoms with E-state index in [1.807, 2.05) is 36.4 Å². The molecule has 8 nitrogen and oxygen atoms in total. The lowest BCUT2D eigenvalue weighted by Gasteiger charge is -2.21. The highest BCUT2D eigenvalue weighted by Gasteiger charge is 2.35. The Hall–Kier alpha value is -4.46. The summed E-state index contributed by atoms with van der Waals surface area (Å²) in [4.78, 5) is 48.5. The highest BCUT2D eigenvalue weighted by Crippen LogP contribution is 2.32. The molecule has 0 saturated carbocycles. The summed E-state index contributed by atoms with van der Waals surface area (Å²) in [6.45, 7) is 0. The molecule has 0 atom stereocenters. The van der Waals surface area contributed by atoms with E-state index in [9.17, 15) is 39.6 Å². The number of aromatic carboxylic acids is 4. The second-order valence-electron chi connectivity index (χ2n) is 7.65. The molecular weight excluding hydrogens is 440 g/mol. The van der Waals surface area contributed by atoms with Crippen molar-refractivity contribution in [3.05, 3.63) is 105 Å². The summed E-state index contributed by atoms with van der Waals surface area (Å²) < 4.78 is 0. The van der Waals surface area contributed by atoms with Gasteiger partial charge in [-0.3, -0.25) is 0 Å². The summed E-state index contributed by atoms with van der Waals surface area (Å²) in [5, 5.41) is 39.3. The highest BCUT2D eigenvalue weighted by atomic mass is 16.4. The van der Waals surface area contributed by atoms with Gasteiger partial charge in [0.15, 0.2) is 0 Å². The van der Waals surface area contributed by atoms with Gasteiger partial charge in [-0.2, -0.15) is 0 Å². The van der Waals surface area contributed by atoms with Gasteiger partial charge in [0.05, 0.1) is 22.3 Å². The van der Waals surface area contributed by atoms with E-state index in [0.717, 1.165) is 11.1 Å². The van der Waals surface area contributed by atoms with Crippen molar-refractivity contribution in [3.63, 3.8) is 0 Å². The van der Waals surface area contributed by atoms with E-state index in [2.05, 4.69) is 0 Å². The van der Waals surface area contributed by atoms with E-state index in [-0.39, 0.29) is 24.0 Å². The lowest BCUT2D eigenvalue weighted by atomic mass is 9.82. The molecular formula is C26H22O8. The van der Waals surface area contributed by atoms with Crippen molar-refractivity contribution >= 4 is 23.9 Å². The Labute approximate surface area is 194 Å². The molecule has 0 amide bonds. The minimum absolute atomic E-state index is 0.0204. The van der Waals surface area contributed by atoms with Gasteiger partial charge in [-0.15, -0.1) is 0 Å². The van der Waals surface area contributed by atoms with Crippen molar-refractivity contribution in [1.82, 2.24) is 0 Å². The Morgan fingerprint density at radius 3 is 1.00 bits per heavy atom. The van der Waals surface area contributed by atoms with E-state index in [0.29, 0.717) is 12.8 Å². The zero-order chi connectivity index (χ0) is 24.8. The number of aryl methyl sites for hydroxylation is 2. The van der Waals surface area contributed by atoms with Crippen LogP contribution in [0.15, 0.2) is 60.7 Å². The van der Waals surface area contributed by atoms with Crippen molar-refractivity contribution in [2.45, 2.75) is 25.7 Å². The van der Waals surface area contributed by atoms with Crippen LogP contribution in [-0.2, 0) is 25.7 Å². The van der Waals surface area contributed by atoms with Crippen LogP contribution in [0, 0.1) is 0 Å². The molecule has 3 aromatic rings. The zero-order valence-corrected chi connectivity index (χ0v) is 18.0. The van der Waals surface area contributed by atoms with Gasteiger partial charge in [0, 0.05) is 0 Å². The van der Waals surface area contributed by atoms with E-state index in [4.69, 9.17) is 0 Å².